The Kier molecular flexibility index (Phi) is 2.66. The Bertz CT molecular complexity index is 540. The van der Waals surface area contributed by atoms with Crippen molar-refractivity contribution in [1.82, 2.24) is 9.80 Å². The van der Waals surface area contributed by atoms with Crippen LogP contribution in [0.2, 0.25) is 0 Å². The molecule has 2 heterocycles. The lowest BCUT2D eigenvalue weighted by Gasteiger charge is -2.39. The van der Waals surface area contributed by atoms with Crippen molar-refractivity contribution < 1.29 is 9.59 Å². The molecule has 2 saturated heterocycles. The molecule has 19 heavy (non-hydrogen) atoms. The molecule has 0 saturated carbocycles. The predicted molar refractivity (Wildman–Crippen MR) is 71.0 cm³/mol. The van der Waals surface area contributed by atoms with Crippen molar-refractivity contribution in [3.8, 4) is 0 Å². The molecule has 98 valence electrons. The fourth-order valence-corrected chi connectivity index (χ4v) is 3.30. The van der Waals surface area contributed by atoms with Crippen LogP contribution in [0.1, 0.15) is 18.4 Å². The van der Waals surface area contributed by atoms with Gasteiger partial charge < -0.3 is 9.80 Å². The van der Waals surface area contributed by atoms with E-state index in [1.54, 1.807) is 4.90 Å². The lowest BCUT2D eigenvalue weighted by atomic mass is 9.95. The Balaban J connectivity index is 2.13. The minimum absolute atomic E-state index is 0.110. The number of benzene rings is 1. The van der Waals surface area contributed by atoms with Gasteiger partial charge in [0.05, 0.1) is 0 Å². The minimum Gasteiger partial charge on any atom is -0.314 e. The summed E-state index contributed by atoms with van der Waals surface area (Å²) in [5.74, 6) is 0.0178. The predicted octanol–water partition coefficient (Wildman–Crippen LogP) is 1.49. The maximum atomic E-state index is 12.1. The molecule has 1 atom stereocenters. The van der Waals surface area contributed by atoms with Gasteiger partial charge in [0.25, 0.3) is 0 Å². The molecule has 4 nitrogen and oxygen atoms in total. The largest absolute Gasteiger partial charge is 0.314 e. The van der Waals surface area contributed by atoms with Gasteiger partial charge >= 0.3 is 0 Å². The van der Waals surface area contributed by atoms with E-state index in [1.807, 2.05) is 35.2 Å². The summed E-state index contributed by atoms with van der Waals surface area (Å²) in [4.78, 5) is 27.8. The highest BCUT2D eigenvalue weighted by Gasteiger charge is 2.55. The van der Waals surface area contributed by atoms with E-state index in [0.29, 0.717) is 25.9 Å². The first-order valence-electron chi connectivity index (χ1n) is 6.50. The number of fused-ring (bicyclic) bond motifs is 1. The highest BCUT2D eigenvalue weighted by molar-refractivity contribution is 5.90. The molecular weight excluding hydrogens is 240 g/mol. The molecule has 2 aliphatic heterocycles. The average molecular weight is 256 g/mol. The van der Waals surface area contributed by atoms with Gasteiger partial charge in [-0.3, -0.25) is 9.59 Å². The molecular formula is C15H16N2O2. The second-order valence-electron chi connectivity index (χ2n) is 4.92. The van der Waals surface area contributed by atoms with Crippen molar-refractivity contribution >= 4 is 11.8 Å². The summed E-state index contributed by atoms with van der Waals surface area (Å²) >= 11 is 0. The Labute approximate surface area is 112 Å². The van der Waals surface area contributed by atoms with Gasteiger partial charge in [-0.15, -0.1) is 0 Å². The van der Waals surface area contributed by atoms with Crippen LogP contribution >= 0.6 is 0 Å². The number of carbonyl (C=O) groups is 2. The Hall–Kier alpha value is -2.10. The van der Waals surface area contributed by atoms with Gasteiger partial charge in [-0.1, -0.05) is 36.9 Å². The van der Waals surface area contributed by atoms with Gasteiger partial charge in [0.2, 0.25) is 11.8 Å². The zero-order valence-electron chi connectivity index (χ0n) is 10.7. The first-order valence-corrected chi connectivity index (χ1v) is 6.50. The van der Waals surface area contributed by atoms with Crippen LogP contribution in [0.25, 0.3) is 0 Å². The van der Waals surface area contributed by atoms with Gasteiger partial charge in [-0.05, 0) is 11.6 Å². The van der Waals surface area contributed by atoms with Gasteiger partial charge in [-0.25, -0.2) is 0 Å². The first kappa shape index (κ1) is 12.0. The van der Waals surface area contributed by atoms with E-state index in [9.17, 15) is 9.59 Å². The van der Waals surface area contributed by atoms with E-state index < -0.39 is 5.66 Å². The van der Waals surface area contributed by atoms with Gasteiger partial charge in [-0.2, -0.15) is 0 Å². The Morgan fingerprint density at radius 1 is 1.26 bits per heavy atom. The normalized spacial score (nSPS) is 25.6. The van der Waals surface area contributed by atoms with E-state index >= 15 is 0 Å². The lowest BCUT2D eigenvalue weighted by molar-refractivity contribution is -0.138. The summed E-state index contributed by atoms with van der Waals surface area (Å²) in [6, 6.07) is 9.80. The highest BCUT2D eigenvalue weighted by Crippen LogP contribution is 2.45. The van der Waals surface area contributed by atoms with Crippen LogP contribution in [0.5, 0.6) is 0 Å². The molecule has 2 amide bonds. The van der Waals surface area contributed by atoms with Crippen molar-refractivity contribution in [2.75, 3.05) is 13.1 Å². The smallest absolute Gasteiger partial charge is 0.248 e. The van der Waals surface area contributed by atoms with Crippen LogP contribution in [0, 0.1) is 0 Å². The maximum Gasteiger partial charge on any atom is 0.248 e. The summed E-state index contributed by atoms with van der Waals surface area (Å²) < 4.78 is 0. The molecule has 4 heteroatoms. The van der Waals surface area contributed by atoms with E-state index in [2.05, 4.69) is 6.58 Å². The van der Waals surface area contributed by atoms with Gasteiger partial charge in [0.1, 0.15) is 5.66 Å². The molecule has 0 bridgehead atoms. The number of carbonyl (C=O) groups excluding carboxylic acids is 2. The summed E-state index contributed by atoms with van der Waals surface area (Å²) in [6.45, 7) is 4.75. The fraction of sp³-hybridized carbons (Fsp3) is 0.333. The van der Waals surface area contributed by atoms with E-state index in [0.717, 1.165) is 5.56 Å². The van der Waals surface area contributed by atoms with Crippen molar-refractivity contribution in [2.24, 2.45) is 0 Å². The monoisotopic (exact) mass is 256 g/mol. The molecule has 0 spiro atoms. The molecule has 1 aromatic carbocycles. The molecule has 0 aromatic heterocycles. The number of nitrogens with zero attached hydrogens (tertiary/aromatic N) is 2. The second-order valence-corrected chi connectivity index (χ2v) is 4.92. The quantitative estimate of drug-likeness (QED) is 0.752. The van der Waals surface area contributed by atoms with E-state index in [-0.39, 0.29) is 11.8 Å². The first-order chi connectivity index (χ1) is 9.20. The third-order valence-corrected chi connectivity index (χ3v) is 4.11. The van der Waals surface area contributed by atoms with Crippen molar-refractivity contribution in [2.45, 2.75) is 18.5 Å². The maximum absolute atomic E-state index is 12.1. The van der Waals surface area contributed by atoms with Crippen molar-refractivity contribution in [3.63, 3.8) is 0 Å². The lowest BCUT2D eigenvalue weighted by Crippen LogP contribution is -2.49. The van der Waals surface area contributed by atoms with Crippen LogP contribution < -0.4 is 0 Å². The summed E-state index contributed by atoms with van der Waals surface area (Å²) in [6.07, 6.45) is 2.49. The summed E-state index contributed by atoms with van der Waals surface area (Å²) in [5, 5.41) is 0. The van der Waals surface area contributed by atoms with Crippen LogP contribution in [0.15, 0.2) is 43.0 Å². The Morgan fingerprint density at radius 2 is 2.00 bits per heavy atom. The van der Waals surface area contributed by atoms with E-state index in [1.165, 1.54) is 6.08 Å². The molecule has 2 fully saturated rings. The summed E-state index contributed by atoms with van der Waals surface area (Å²) in [5.41, 5.74) is 0.414. The molecule has 3 rings (SSSR count). The third kappa shape index (κ3) is 1.52. The second kappa shape index (κ2) is 4.23. The molecule has 0 radical (unpaired) electrons. The standard InChI is InChI=1S/C15H16N2O2/c1-2-13(18)16-10-11-17-14(19)8-9-15(16,17)12-6-4-3-5-7-12/h2-7H,1,8-11H2. The van der Waals surface area contributed by atoms with Crippen molar-refractivity contribution in [3.05, 3.63) is 48.6 Å². The number of hydrogen-bond donors (Lipinski definition) is 0. The SMILES string of the molecule is C=CC(=O)N1CCN2C(=O)CCC12c1ccccc1. The van der Waals surface area contributed by atoms with Crippen LogP contribution in [-0.4, -0.2) is 34.7 Å². The van der Waals surface area contributed by atoms with Crippen LogP contribution in [-0.2, 0) is 15.3 Å². The molecule has 1 unspecified atom stereocenters. The molecule has 0 aliphatic carbocycles. The molecule has 1 aromatic rings. The third-order valence-electron chi connectivity index (χ3n) is 4.11. The van der Waals surface area contributed by atoms with Gasteiger partial charge in [0.15, 0.2) is 0 Å². The van der Waals surface area contributed by atoms with Crippen molar-refractivity contribution in [1.29, 1.82) is 0 Å². The number of amides is 2. The minimum atomic E-state index is -0.594. The summed E-state index contributed by atoms with van der Waals surface area (Å²) in [7, 11) is 0. The zero-order chi connectivity index (χ0) is 13.5. The number of hydrogen-bond acceptors (Lipinski definition) is 2. The zero-order valence-corrected chi connectivity index (χ0v) is 10.7. The number of rotatable bonds is 2. The topological polar surface area (TPSA) is 40.6 Å². The van der Waals surface area contributed by atoms with E-state index in [4.69, 9.17) is 0 Å². The van der Waals surface area contributed by atoms with Crippen LogP contribution in [0.3, 0.4) is 0 Å². The average Bonchev–Trinajstić information content (AvgIpc) is 2.99. The fourth-order valence-electron chi connectivity index (χ4n) is 3.30. The van der Waals surface area contributed by atoms with Crippen LogP contribution in [0.4, 0.5) is 0 Å². The Morgan fingerprint density at radius 3 is 2.68 bits per heavy atom. The van der Waals surface area contributed by atoms with Gasteiger partial charge in [0, 0.05) is 25.9 Å². The highest BCUT2D eigenvalue weighted by atomic mass is 16.2. The molecule has 2 aliphatic rings. The molecule has 0 N–H and O–H groups in total.